The van der Waals surface area contributed by atoms with E-state index in [0.717, 1.165) is 45.1 Å². The molecule has 4 aliphatic heterocycles. The molecule has 0 radical (unpaired) electrons. The maximum Gasteiger partial charge on any atom is 0.171 e. The van der Waals surface area contributed by atoms with Gasteiger partial charge in [0.05, 0.1) is 13.2 Å². The first-order valence-electron chi connectivity index (χ1n) is 23.1. The van der Waals surface area contributed by atoms with Gasteiger partial charge in [-0.15, -0.1) is 19.7 Å². The second kappa shape index (κ2) is 22.7. The monoisotopic (exact) mass is 911 g/mol. The van der Waals surface area contributed by atoms with Crippen LogP contribution in [0.1, 0.15) is 162 Å². The first kappa shape index (κ1) is 60.4. The molecule has 0 spiro atoms. The van der Waals surface area contributed by atoms with Gasteiger partial charge in [-0.2, -0.15) is 10.1 Å². The zero-order chi connectivity index (χ0) is 50.1. The molecular weight excluding hydrogens is 813 g/mol. The predicted octanol–water partition coefficient (Wildman–Crippen LogP) is 9.80. The largest absolute Gasteiger partial charge is 0.353 e. The van der Waals surface area contributed by atoms with Crippen LogP contribution >= 0.6 is 0 Å². The first-order valence-corrected chi connectivity index (χ1v) is 23.1. The highest BCUT2D eigenvalue weighted by Crippen LogP contribution is 2.47. The molecular formula is C51H98N4O9. The molecule has 4 aliphatic rings. The Bertz CT molecular complexity index is 1410. The highest BCUT2D eigenvalue weighted by molar-refractivity contribution is 5.81. The van der Waals surface area contributed by atoms with Crippen molar-refractivity contribution in [2.75, 3.05) is 62.4 Å². The Morgan fingerprint density at radius 3 is 1.02 bits per heavy atom. The lowest BCUT2D eigenvalue weighted by Gasteiger charge is -2.58. The molecule has 1 N–H and O–H groups in total. The molecule has 0 aliphatic carbocycles. The van der Waals surface area contributed by atoms with Crippen molar-refractivity contribution in [2.24, 2.45) is 0 Å². The van der Waals surface area contributed by atoms with E-state index in [9.17, 15) is 4.79 Å². The Morgan fingerprint density at radius 1 is 0.453 bits per heavy atom. The van der Waals surface area contributed by atoms with Crippen LogP contribution in [0.5, 0.6) is 0 Å². The Balaban J connectivity index is 0.000000429. The van der Waals surface area contributed by atoms with Gasteiger partial charge in [-0.1, -0.05) is 18.2 Å². The van der Waals surface area contributed by atoms with Crippen LogP contribution in [0.4, 0.5) is 0 Å². The smallest absolute Gasteiger partial charge is 0.171 e. The molecule has 4 saturated heterocycles. The van der Waals surface area contributed by atoms with Gasteiger partial charge in [-0.3, -0.25) is 19.4 Å². The fourth-order valence-corrected chi connectivity index (χ4v) is 11.8. The van der Waals surface area contributed by atoms with Crippen molar-refractivity contribution >= 4 is 5.78 Å². The van der Waals surface area contributed by atoms with Crippen molar-refractivity contribution in [3.05, 3.63) is 38.0 Å². The molecule has 0 saturated carbocycles. The fourth-order valence-electron chi connectivity index (χ4n) is 11.8. The number of nitrogens with zero attached hydrogens (tertiary/aromatic N) is 3. The van der Waals surface area contributed by atoms with E-state index >= 15 is 0 Å². The van der Waals surface area contributed by atoms with E-state index in [1.807, 2.05) is 38.8 Å². The summed E-state index contributed by atoms with van der Waals surface area (Å²) in [4.78, 5) is 25.6. The summed E-state index contributed by atoms with van der Waals surface area (Å²) in [6.07, 6.45) is 11.5. The van der Waals surface area contributed by atoms with Crippen molar-refractivity contribution in [3.8, 4) is 0 Å². The summed E-state index contributed by atoms with van der Waals surface area (Å²) >= 11 is 0. The second-order valence-electron chi connectivity index (χ2n) is 23.3. The topological polar surface area (TPSA) is 113 Å². The van der Waals surface area contributed by atoms with Crippen LogP contribution in [0, 0.1) is 0 Å². The minimum absolute atomic E-state index is 0.0297. The number of piperidine rings is 4. The van der Waals surface area contributed by atoms with E-state index < -0.39 is 17.4 Å². The van der Waals surface area contributed by atoms with Crippen LogP contribution in [0.25, 0.3) is 0 Å². The van der Waals surface area contributed by atoms with Crippen molar-refractivity contribution < 1.29 is 42.9 Å². The molecule has 13 heteroatoms. The number of methoxy groups -OCH3 is 6. The van der Waals surface area contributed by atoms with Crippen molar-refractivity contribution in [3.63, 3.8) is 0 Å². The van der Waals surface area contributed by atoms with Crippen LogP contribution < -0.4 is 5.32 Å². The number of carbonyl (C=O) groups is 1. The van der Waals surface area contributed by atoms with Gasteiger partial charge in [-0.05, 0) is 111 Å². The highest BCUT2D eigenvalue weighted by Gasteiger charge is 2.55. The Kier molecular flexibility index (Phi) is 21.4. The maximum atomic E-state index is 11.6. The number of rotatable bonds is 14. The average molecular weight is 911 g/mol. The number of hydrogen-bond donors (Lipinski definition) is 1. The van der Waals surface area contributed by atoms with E-state index in [-0.39, 0.29) is 44.3 Å². The van der Waals surface area contributed by atoms with Crippen molar-refractivity contribution in [1.29, 1.82) is 0 Å². The number of carbonyl (C=O) groups excluding carboxylic acids is 1. The Morgan fingerprint density at radius 2 is 0.734 bits per heavy atom. The number of nitrogens with one attached hydrogen (secondary N) is 1. The fraction of sp³-hybridized carbons (Fsp3) is 0.863. The normalized spacial score (nSPS) is 26.6. The summed E-state index contributed by atoms with van der Waals surface area (Å²) in [5.74, 6) is -1.13. The minimum atomic E-state index is -0.541. The predicted molar refractivity (Wildman–Crippen MR) is 261 cm³/mol. The molecule has 64 heavy (non-hydrogen) atoms. The maximum absolute atomic E-state index is 11.6. The number of ketones is 1. The molecule has 4 heterocycles. The van der Waals surface area contributed by atoms with E-state index in [0.29, 0.717) is 31.8 Å². The number of Topliss-reactive ketones (excluding diaryl/α,β-unsaturated/α-hetero) is 1. The molecule has 0 aromatic rings. The zero-order valence-corrected chi connectivity index (χ0v) is 45.1. The quantitative estimate of drug-likeness (QED) is 0.132. The summed E-state index contributed by atoms with van der Waals surface area (Å²) in [5.41, 5.74) is -0.650. The van der Waals surface area contributed by atoms with Crippen LogP contribution in [-0.2, 0) is 42.9 Å². The van der Waals surface area contributed by atoms with Gasteiger partial charge in [0, 0.05) is 145 Å². The average Bonchev–Trinajstić information content (AvgIpc) is 3.13. The number of hydrogen-bond acceptors (Lipinski definition) is 13. The number of likely N-dealkylation sites (tertiary alicyclic amines) is 1. The lowest BCUT2D eigenvalue weighted by atomic mass is 9.76. The third kappa shape index (κ3) is 16.0. The highest BCUT2D eigenvalue weighted by atomic mass is 16.7. The van der Waals surface area contributed by atoms with Gasteiger partial charge >= 0.3 is 0 Å². The van der Waals surface area contributed by atoms with E-state index in [1.165, 1.54) is 0 Å². The summed E-state index contributed by atoms with van der Waals surface area (Å²) in [6, 6.07) is 0. The van der Waals surface area contributed by atoms with Crippen LogP contribution in [0.15, 0.2) is 38.0 Å². The zero-order valence-electron chi connectivity index (χ0n) is 45.1. The summed E-state index contributed by atoms with van der Waals surface area (Å²) in [7, 11) is 10.3. The van der Waals surface area contributed by atoms with Crippen molar-refractivity contribution in [1.82, 2.24) is 20.3 Å². The molecule has 0 aromatic carbocycles. The molecule has 0 atom stereocenters. The van der Waals surface area contributed by atoms with Gasteiger partial charge in [0.25, 0.3) is 0 Å². The SMILES string of the molecule is C=CCN1C(C)(C)CC(OC)(OC)CC1(C)C.C=CCON1C(C)(C)CC(=O)CC1(C)C.C=CCON1C(C)(C)CC(OC)(OC)CC1(C)C.COC1(OC)CC(C)(C)NC(C)(C)C1. The molecule has 4 fully saturated rings. The minimum Gasteiger partial charge on any atom is -0.353 e. The summed E-state index contributed by atoms with van der Waals surface area (Å²) in [5, 5.41) is 7.60. The summed E-state index contributed by atoms with van der Waals surface area (Å²) in [6.45, 7) is 47.5. The van der Waals surface area contributed by atoms with Crippen molar-refractivity contribution in [2.45, 2.75) is 224 Å². The van der Waals surface area contributed by atoms with Crippen LogP contribution in [-0.4, -0.2) is 145 Å². The third-order valence-corrected chi connectivity index (χ3v) is 13.0. The third-order valence-electron chi connectivity index (χ3n) is 13.0. The second-order valence-corrected chi connectivity index (χ2v) is 23.3. The molecule has 376 valence electrons. The van der Waals surface area contributed by atoms with E-state index in [2.05, 4.69) is 118 Å². The number of hydroxylamine groups is 4. The first-order chi connectivity index (χ1) is 29.0. The molecule has 0 aromatic heterocycles. The Hall–Kier alpha value is -1.59. The van der Waals surface area contributed by atoms with E-state index in [4.69, 9.17) is 38.1 Å². The van der Waals surface area contributed by atoms with Gasteiger partial charge in [-0.25, -0.2) is 0 Å². The molecule has 13 nitrogen and oxygen atoms in total. The lowest BCUT2D eigenvalue weighted by molar-refractivity contribution is -0.344. The molecule has 0 bridgehead atoms. The van der Waals surface area contributed by atoms with Crippen LogP contribution in [0.2, 0.25) is 0 Å². The van der Waals surface area contributed by atoms with Gasteiger partial charge < -0.3 is 33.7 Å². The van der Waals surface area contributed by atoms with Gasteiger partial charge in [0.2, 0.25) is 0 Å². The standard InChI is InChI=1S/C14H27NO3.C14H27NO2.C12H21NO2.C11H23NO2/c1-8-9-18-15-12(2,3)10-14(16-6,17-7)11-13(15,4)5;1-8-9-15-12(2,3)10-14(16-6,17-7)11-13(15,4)5;1-6-7-15-13-11(2,3)8-10(14)9-12(13,4)5;1-9(2)7-11(13-5,14-6)8-10(3,4)12-9/h8H,1,9-11H2,2-7H3;8H,1,9-11H2,2-7H3;6H,1,7-9H2,2-5H3;12H,7-8H2,1-6H3. The van der Waals surface area contributed by atoms with Crippen LogP contribution in [0.3, 0.4) is 0 Å². The van der Waals surface area contributed by atoms with E-state index in [1.54, 1.807) is 54.8 Å². The summed E-state index contributed by atoms with van der Waals surface area (Å²) < 4.78 is 33.6. The molecule has 0 unspecified atom stereocenters. The Labute approximate surface area is 392 Å². The van der Waals surface area contributed by atoms with Gasteiger partial charge in [0.1, 0.15) is 5.78 Å². The lowest BCUT2D eigenvalue weighted by Crippen LogP contribution is -2.66. The molecule has 4 rings (SSSR count). The number of ether oxygens (including phenoxy) is 6. The van der Waals surface area contributed by atoms with Gasteiger partial charge in [0.15, 0.2) is 17.4 Å². The molecule has 0 amide bonds.